The number of rotatable bonds is 4. The fourth-order valence-electron chi connectivity index (χ4n) is 4.41. The van der Waals surface area contributed by atoms with Gasteiger partial charge in [-0.3, -0.25) is 19.4 Å². The highest BCUT2D eigenvalue weighted by atomic mass is 35.5. The summed E-state index contributed by atoms with van der Waals surface area (Å²) in [6.45, 7) is 4.70. The van der Waals surface area contributed by atoms with Crippen molar-refractivity contribution in [1.29, 1.82) is 0 Å². The van der Waals surface area contributed by atoms with Gasteiger partial charge in [-0.15, -0.1) is 0 Å². The van der Waals surface area contributed by atoms with Crippen molar-refractivity contribution in [2.45, 2.75) is 0 Å². The summed E-state index contributed by atoms with van der Waals surface area (Å²) in [5.74, 6) is -0.381. The molecule has 2 heterocycles. The van der Waals surface area contributed by atoms with Crippen molar-refractivity contribution in [3.8, 4) is 0 Å². The molecule has 2 aliphatic heterocycles. The van der Waals surface area contributed by atoms with Crippen molar-refractivity contribution in [1.82, 2.24) is 9.80 Å². The molecule has 0 aliphatic carbocycles. The molecule has 1 fully saturated rings. The monoisotopic (exact) mass is 419 g/mol. The van der Waals surface area contributed by atoms with Crippen LogP contribution in [0.3, 0.4) is 0 Å². The van der Waals surface area contributed by atoms with Gasteiger partial charge in [0.2, 0.25) is 0 Å². The topological polar surface area (TPSA) is 43.9 Å². The first-order valence-electron chi connectivity index (χ1n) is 10.2. The maximum atomic E-state index is 13.0. The van der Waals surface area contributed by atoms with Gasteiger partial charge >= 0.3 is 0 Å². The Balaban J connectivity index is 1.25. The summed E-state index contributed by atoms with van der Waals surface area (Å²) in [6, 6.07) is 19.2. The minimum absolute atomic E-state index is 0.191. The number of hydrogen-bond donors (Lipinski definition) is 0. The van der Waals surface area contributed by atoms with Crippen LogP contribution in [-0.2, 0) is 0 Å². The molecule has 2 aliphatic rings. The fraction of sp³-hybridized carbons (Fsp3) is 0.250. The number of hydrogen-bond acceptors (Lipinski definition) is 4. The van der Waals surface area contributed by atoms with E-state index in [9.17, 15) is 9.59 Å². The number of nitrogens with zero attached hydrogens (tertiary/aromatic N) is 3. The lowest BCUT2D eigenvalue weighted by Crippen LogP contribution is -2.50. The van der Waals surface area contributed by atoms with Crippen molar-refractivity contribution in [3.63, 3.8) is 0 Å². The average molecular weight is 420 g/mol. The van der Waals surface area contributed by atoms with Crippen molar-refractivity contribution < 1.29 is 9.59 Å². The third-order valence-corrected chi connectivity index (χ3v) is 6.31. The normalized spacial score (nSPS) is 17.1. The molecule has 0 spiro atoms. The highest BCUT2D eigenvalue weighted by Crippen LogP contribution is 2.30. The molecular formula is C24H22ClN3O2. The molecule has 2 amide bonds. The number of carbonyl (C=O) groups is 2. The zero-order valence-corrected chi connectivity index (χ0v) is 17.3. The van der Waals surface area contributed by atoms with Crippen LogP contribution >= 0.6 is 11.6 Å². The van der Waals surface area contributed by atoms with Crippen molar-refractivity contribution >= 4 is 39.9 Å². The number of imide groups is 1. The molecular weight excluding hydrogens is 398 g/mol. The molecule has 0 unspecified atom stereocenters. The molecule has 5 rings (SSSR count). The van der Waals surface area contributed by atoms with Crippen LogP contribution in [0.25, 0.3) is 10.8 Å². The lowest BCUT2D eigenvalue weighted by molar-refractivity contribution is 0.0591. The van der Waals surface area contributed by atoms with E-state index in [0.29, 0.717) is 24.2 Å². The second-order valence-electron chi connectivity index (χ2n) is 7.78. The van der Waals surface area contributed by atoms with Crippen molar-refractivity contribution in [3.05, 3.63) is 76.8 Å². The average Bonchev–Trinajstić information content (AvgIpc) is 2.78. The molecule has 3 aromatic rings. The Morgan fingerprint density at radius 2 is 1.33 bits per heavy atom. The Kier molecular flexibility index (Phi) is 4.93. The predicted octanol–water partition coefficient (Wildman–Crippen LogP) is 3.91. The molecule has 0 radical (unpaired) electrons. The van der Waals surface area contributed by atoms with Crippen LogP contribution in [0.15, 0.2) is 60.7 Å². The van der Waals surface area contributed by atoms with Gasteiger partial charge in [-0.1, -0.05) is 35.9 Å². The molecule has 152 valence electrons. The van der Waals surface area contributed by atoms with Gasteiger partial charge in [0.05, 0.1) is 0 Å². The number of piperazine rings is 1. The van der Waals surface area contributed by atoms with E-state index in [1.807, 2.05) is 60.7 Å². The largest absolute Gasteiger partial charge is 0.369 e. The van der Waals surface area contributed by atoms with E-state index in [-0.39, 0.29) is 11.8 Å². The first-order chi connectivity index (χ1) is 14.6. The molecule has 5 nitrogen and oxygen atoms in total. The highest BCUT2D eigenvalue weighted by Gasteiger charge is 2.32. The number of anilines is 1. The van der Waals surface area contributed by atoms with E-state index in [1.165, 1.54) is 10.6 Å². The maximum absolute atomic E-state index is 13.0. The minimum atomic E-state index is -0.191. The molecule has 0 saturated carbocycles. The van der Waals surface area contributed by atoms with E-state index in [0.717, 1.165) is 42.0 Å². The number of amides is 2. The molecule has 1 saturated heterocycles. The van der Waals surface area contributed by atoms with Gasteiger partial charge in [0, 0.05) is 66.5 Å². The minimum Gasteiger partial charge on any atom is -0.369 e. The Morgan fingerprint density at radius 1 is 0.733 bits per heavy atom. The lowest BCUT2D eigenvalue weighted by Gasteiger charge is -2.37. The first kappa shape index (κ1) is 19.1. The van der Waals surface area contributed by atoms with Crippen LogP contribution in [0.2, 0.25) is 5.02 Å². The second kappa shape index (κ2) is 7.74. The van der Waals surface area contributed by atoms with E-state index < -0.39 is 0 Å². The van der Waals surface area contributed by atoms with Crippen LogP contribution in [0.5, 0.6) is 0 Å². The summed E-state index contributed by atoms with van der Waals surface area (Å²) in [7, 11) is 0. The summed E-state index contributed by atoms with van der Waals surface area (Å²) in [4.78, 5) is 32.1. The van der Waals surface area contributed by atoms with Gasteiger partial charge in [-0.05, 0) is 41.8 Å². The van der Waals surface area contributed by atoms with Crippen LogP contribution in [-0.4, -0.2) is 60.9 Å². The van der Waals surface area contributed by atoms with Crippen molar-refractivity contribution in [2.24, 2.45) is 0 Å². The molecule has 6 heteroatoms. The molecule has 30 heavy (non-hydrogen) atoms. The maximum Gasteiger partial charge on any atom is 0.261 e. The van der Waals surface area contributed by atoms with Crippen LogP contribution in [0.4, 0.5) is 5.69 Å². The van der Waals surface area contributed by atoms with Gasteiger partial charge < -0.3 is 4.90 Å². The molecule has 0 N–H and O–H groups in total. The highest BCUT2D eigenvalue weighted by molar-refractivity contribution is 6.30. The zero-order chi connectivity index (χ0) is 20.7. The van der Waals surface area contributed by atoms with Gasteiger partial charge in [0.25, 0.3) is 11.8 Å². The van der Waals surface area contributed by atoms with Gasteiger partial charge in [-0.25, -0.2) is 0 Å². The van der Waals surface area contributed by atoms with E-state index in [2.05, 4.69) is 9.80 Å². The van der Waals surface area contributed by atoms with Crippen molar-refractivity contribution in [2.75, 3.05) is 44.2 Å². The standard InChI is InChI=1S/C24H22ClN3O2/c25-18-7-9-19(10-8-18)27-14-11-26(12-15-27)13-16-28-23(29)20-5-1-3-17-4-2-6-21(22(17)20)24(28)30/h1-10H,11-16H2. The van der Waals surface area contributed by atoms with Gasteiger partial charge in [0.1, 0.15) is 0 Å². The summed E-state index contributed by atoms with van der Waals surface area (Å²) < 4.78 is 0. The lowest BCUT2D eigenvalue weighted by atomic mass is 9.94. The molecule has 0 aromatic heterocycles. The molecule has 0 bridgehead atoms. The third-order valence-electron chi connectivity index (χ3n) is 6.06. The summed E-state index contributed by atoms with van der Waals surface area (Å²) >= 11 is 5.98. The Morgan fingerprint density at radius 3 is 1.93 bits per heavy atom. The Labute approximate surface area is 180 Å². The van der Waals surface area contributed by atoms with E-state index in [4.69, 9.17) is 11.6 Å². The summed E-state index contributed by atoms with van der Waals surface area (Å²) in [5, 5.41) is 2.46. The molecule has 3 aromatic carbocycles. The second-order valence-corrected chi connectivity index (χ2v) is 8.21. The van der Waals surface area contributed by atoms with Gasteiger partial charge in [-0.2, -0.15) is 0 Å². The van der Waals surface area contributed by atoms with Crippen LogP contribution in [0, 0.1) is 0 Å². The number of halogens is 1. The quantitative estimate of drug-likeness (QED) is 0.601. The number of carbonyl (C=O) groups excluding carboxylic acids is 2. The zero-order valence-electron chi connectivity index (χ0n) is 16.6. The Hall–Kier alpha value is -2.89. The summed E-state index contributed by atoms with van der Waals surface area (Å²) in [6.07, 6.45) is 0. The SMILES string of the molecule is O=C1c2cccc3cccc(c23)C(=O)N1CCN1CCN(c2ccc(Cl)cc2)CC1. The molecule has 0 atom stereocenters. The van der Waals surface area contributed by atoms with Crippen LogP contribution in [0.1, 0.15) is 20.7 Å². The van der Waals surface area contributed by atoms with E-state index in [1.54, 1.807) is 0 Å². The van der Waals surface area contributed by atoms with Crippen LogP contribution < -0.4 is 4.90 Å². The third kappa shape index (κ3) is 3.34. The Bertz CT molecular complexity index is 1070. The number of benzene rings is 3. The van der Waals surface area contributed by atoms with Gasteiger partial charge in [0.15, 0.2) is 0 Å². The first-order valence-corrected chi connectivity index (χ1v) is 10.6. The predicted molar refractivity (Wildman–Crippen MR) is 119 cm³/mol. The smallest absolute Gasteiger partial charge is 0.261 e. The summed E-state index contributed by atoms with van der Waals surface area (Å²) in [5.41, 5.74) is 2.41. The fourth-order valence-corrected chi connectivity index (χ4v) is 4.53. The van der Waals surface area contributed by atoms with E-state index >= 15 is 0 Å².